The molecule has 1 aromatic heterocycles. The standard InChI is InChI=1S/C22H23ClN2O2S/c1-15-5-4-6-16(13-15)18(25-9-11-27-12-10-25)14-24-22(26)21-20(23)17-7-2-3-8-19(17)28-21/h2-8,13,18H,9-12,14H2,1H3,(H,24,26). The van der Waals surface area contributed by atoms with Crippen molar-refractivity contribution in [1.82, 2.24) is 10.2 Å². The van der Waals surface area contributed by atoms with Gasteiger partial charge in [-0.25, -0.2) is 0 Å². The third-order valence-electron chi connectivity index (χ3n) is 5.11. The number of rotatable bonds is 5. The summed E-state index contributed by atoms with van der Waals surface area (Å²) < 4.78 is 6.54. The van der Waals surface area contributed by atoms with Crippen molar-refractivity contribution in [3.63, 3.8) is 0 Å². The molecule has 3 aromatic rings. The van der Waals surface area contributed by atoms with E-state index in [0.717, 1.165) is 36.4 Å². The SMILES string of the molecule is Cc1cccc(C(CNC(=O)c2sc3ccccc3c2Cl)N2CCOCC2)c1. The predicted molar refractivity (Wildman–Crippen MR) is 115 cm³/mol. The molecule has 0 spiro atoms. The molecule has 4 nitrogen and oxygen atoms in total. The molecule has 0 bridgehead atoms. The van der Waals surface area contributed by atoms with Crippen LogP contribution in [0.5, 0.6) is 0 Å². The number of ether oxygens (including phenoxy) is 1. The lowest BCUT2D eigenvalue weighted by Gasteiger charge is -2.35. The molecule has 2 heterocycles. The lowest BCUT2D eigenvalue weighted by atomic mass is 10.0. The molecular weight excluding hydrogens is 392 g/mol. The van der Waals surface area contributed by atoms with Crippen molar-refractivity contribution in [1.29, 1.82) is 0 Å². The van der Waals surface area contributed by atoms with Crippen LogP contribution in [0, 0.1) is 6.92 Å². The highest BCUT2D eigenvalue weighted by Gasteiger charge is 2.24. The van der Waals surface area contributed by atoms with E-state index in [1.165, 1.54) is 22.5 Å². The normalized spacial score (nSPS) is 16.2. The highest BCUT2D eigenvalue weighted by Crippen LogP contribution is 2.35. The van der Waals surface area contributed by atoms with Crippen molar-refractivity contribution in [2.24, 2.45) is 0 Å². The van der Waals surface area contributed by atoms with Crippen LogP contribution < -0.4 is 5.32 Å². The fourth-order valence-electron chi connectivity index (χ4n) is 3.65. The van der Waals surface area contributed by atoms with Crippen LogP contribution in [-0.4, -0.2) is 43.7 Å². The van der Waals surface area contributed by atoms with Gasteiger partial charge in [-0.05, 0) is 18.6 Å². The van der Waals surface area contributed by atoms with E-state index < -0.39 is 0 Å². The average molecular weight is 415 g/mol. The van der Waals surface area contributed by atoms with Crippen LogP contribution in [0.15, 0.2) is 48.5 Å². The van der Waals surface area contributed by atoms with Crippen molar-refractivity contribution in [2.75, 3.05) is 32.8 Å². The molecule has 1 unspecified atom stereocenters. The zero-order valence-corrected chi connectivity index (χ0v) is 17.4. The van der Waals surface area contributed by atoms with E-state index in [-0.39, 0.29) is 11.9 Å². The first-order valence-electron chi connectivity index (χ1n) is 9.47. The molecule has 28 heavy (non-hydrogen) atoms. The second-order valence-electron chi connectivity index (χ2n) is 7.03. The van der Waals surface area contributed by atoms with Gasteiger partial charge in [0.25, 0.3) is 5.91 Å². The number of morpholine rings is 1. The van der Waals surface area contributed by atoms with Crippen molar-refractivity contribution in [3.8, 4) is 0 Å². The monoisotopic (exact) mass is 414 g/mol. The lowest BCUT2D eigenvalue weighted by molar-refractivity contribution is 0.0162. The average Bonchev–Trinajstić information content (AvgIpc) is 3.06. The van der Waals surface area contributed by atoms with E-state index in [4.69, 9.17) is 16.3 Å². The van der Waals surface area contributed by atoms with Gasteiger partial charge < -0.3 is 10.1 Å². The smallest absolute Gasteiger partial charge is 0.262 e. The van der Waals surface area contributed by atoms with Gasteiger partial charge in [0.2, 0.25) is 0 Å². The van der Waals surface area contributed by atoms with Gasteiger partial charge in [-0.15, -0.1) is 11.3 Å². The minimum absolute atomic E-state index is 0.112. The number of hydrogen-bond acceptors (Lipinski definition) is 4. The number of carbonyl (C=O) groups is 1. The molecule has 1 saturated heterocycles. The fourth-order valence-corrected chi connectivity index (χ4v) is 5.09. The van der Waals surface area contributed by atoms with Crippen LogP contribution in [0.25, 0.3) is 10.1 Å². The number of nitrogens with one attached hydrogen (secondary N) is 1. The minimum Gasteiger partial charge on any atom is -0.379 e. The second kappa shape index (κ2) is 8.62. The molecule has 6 heteroatoms. The van der Waals surface area contributed by atoms with E-state index >= 15 is 0 Å². The summed E-state index contributed by atoms with van der Waals surface area (Å²) in [6, 6.07) is 16.4. The number of amides is 1. The summed E-state index contributed by atoms with van der Waals surface area (Å²) in [5, 5.41) is 4.59. The lowest BCUT2D eigenvalue weighted by Crippen LogP contribution is -2.43. The Hall–Kier alpha value is -1.92. The number of fused-ring (bicyclic) bond motifs is 1. The molecule has 1 aliphatic heterocycles. The Morgan fingerprint density at radius 1 is 1.21 bits per heavy atom. The number of nitrogens with zero attached hydrogens (tertiary/aromatic N) is 1. The van der Waals surface area contributed by atoms with Crippen LogP contribution in [0.3, 0.4) is 0 Å². The Bertz CT molecular complexity index is 982. The van der Waals surface area contributed by atoms with E-state index in [9.17, 15) is 4.79 Å². The van der Waals surface area contributed by atoms with Crippen molar-refractivity contribution in [2.45, 2.75) is 13.0 Å². The first-order valence-corrected chi connectivity index (χ1v) is 10.7. The van der Waals surface area contributed by atoms with Gasteiger partial charge in [0.1, 0.15) is 4.88 Å². The molecule has 0 aliphatic carbocycles. The number of halogens is 1. The summed E-state index contributed by atoms with van der Waals surface area (Å²) in [6.07, 6.45) is 0. The number of carbonyl (C=O) groups excluding carboxylic acids is 1. The van der Waals surface area contributed by atoms with E-state index in [1.54, 1.807) is 0 Å². The highest BCUT2D eigenvalue weighted by atomic mass is 35.5. The van der Waals surface area contributed by atoms with E-state index in [1.807, 2.05) is 24.3 Å². The first kappa shape index (κ1) is 19.4. The van der Waals surface area contributed by atoms with Gasteiger partial charge in [0.15, 0.2) is 0 Å². The Kier molecular flexibility index (Phi) is 5.97. The minimum atomic E-state index is -0.114. The van der Waals surface area contributed by atoms with Gasteiger partial charge in [-0.3, -0.25) is 9.69 Å². The molecule has 0 saturated carbocycles. The fraction of sp³-hybridized carbons (Fsp3) is 0.318. The summed E-state index contributed by atoms with van der Waals surface area (Å²) in [6.45, 7) is 5.79. The third-order valence-corrected chi connectivity index (χ3v) is 6.78. The number of benzene rings is 2. The van der Waals surface area contributed by atoms with Gasteiger partial charge in [0, 0.05) is 29.7 Å². The third kappa shape index (κ3) is 4.08. The zero-order valence-electron chi connectivity index (χ0n) is 15.8. The molecular formula is C22H23ClN2O2S. The Labute approximate surface area is 174 Å². The molecule has 1 N–H and O–H groups in total. The Morgan fingerprint density at radius 3 is 2.75 bits per heavy atom. The maximum absolute atomic E-state index is 12.9. The van der Waals surface area contributed by atoms with Gasteiger partial charge in [-0.2, -0.15) is 0 Å². The number of hydrogen-bond donors (Lipinski definition) is 1. The highest BCUT2D eigenvalue weighted by molar-refractivity contribution is 7.21. The van der Waals surface area contributed by atoms with Crippen LogP contribution in [-0.2, 0) is 4.74 Å². The predicted octanol–water partition coefficient (Wildman–Crippen LogP) is 4.67. The topological polar surface area (TPSA) is 41.6 Å². The van der Waals surface area contributed by atoms with Gasteiger partial charge >= 0.3 is 0 Å². The van der Waals surface area contributed by atoms with E-state index in [2.05, 4.69) is 41.4 Å². The van der Waals surface area contributed by atoms with Crippen LogP contribution in [0.4, 0.5) is 0 Å². The van der Waals surface area contributed by atoms with Gasteiger partial charge in [-0.1, -0.05) is 59.6 Å². The maximum atomic E-state index is 12.9. The molecule has 1 aliphatic rings. The molecule has 1 fully saturated rings. The molecule has 4 rings (SSSR count). The molecule has 1 atom stereocenters. The first-order chi connectivity index (χ1) is 13.6. The van der Waals surface area contributed by atoms with Crippen molar-refractivity contribution >= 4 is 38.9 Å². The second-order valence-corrected chi connectivity index (χ2v) is 8.46. The van der Waals surface area contributed by atoms with Crippen molar-refractivity contribution in [3.05, 3.63) is 69.6 Å². The Morgan fingerprint density at radius 2 is 2.00 bits per heavy atom. The summed E-state index contributed by atoms with van der Waals surface area (Å²) in [5.41, 5.74) is 2.43. The zero-order chi connectivity index (χ0) is 19.5. The number of thiophene rings is 1. The summed E-state index contributed by atoms with van der Waals surface area (Å²) in [5.74, 6) is -0.114. The maximum Gasteiger partial charge on any atom is 0.262 e. The van der Waals surface area contributed by atoms with E-state index in [0.29, 0.717) is 16.4 Å². The van der Waals surface area contributed by atoms with Crippen LogP contribution in [0.2, 0.25) is 5.02 Å². The summed E-state index contributed by atoms with van der Waals surface area (Å²) in [4.78, 5) is 15.8. The Balaban J connectivity index is 1.54. The summed E-state index contributed by atoms with van der Waals surface area (Å²) >= 11 is 7.92. The largest absolute Gasteiger partial charge is 0.379 e. The van der Waals surface area contributed by atoms with Crippen molar-refractivity contribution < 1.29 is 9.53 Å². The van der Waals surface area contributed by atoms with Crippen LogP contribution >= 0.6 is 22.9 Å². The summed E-state index contributed by atoms with van der Waals surface area (Å²) in [7, 11) is 0. The quantitative estimate of drug-likeness (QED) is 0.659. The molecule has 2 aromatic carbocycles. The molecule has 146 valence electrons. The molecule has 0 radical (unpaired) electrons. The molecule has 1 amide bonds. The van der Waals surface area contributed by atoms with Crippen LogP contribution in [0.1, 0.15) is 26.8 Å². The van der Waals surface area contributed by atoms with Gasteiger partial charge in [0.05, 0.1) is 24.3 Å². The number of aryl methyl sites for hydroxylation is 1.